The highest BCUT2D eigenvalue weighted by Crippen LogP contribution is 2.13. The molecule has 0 bridgehead atoms. The van der Waals surface area contributed by atoms with Crippen molar-refractivity contribution >= 4 is 10.0 Å². The molecule has 0 aromatic heterocycles. The second-order valence-corrected chi connectivity index (χ2v) is 7.83. The third kappa shape index (κ3) is 4.53. The van der Waals surface area contributed by atoms with Gasteiger partial charge in [0, 0.05) is 32.2 Å². The summed E-state index contributed by atoms with van der Waals surface area (Å²) >= 11 is 0. The van der Waals surface area contributed by atoms with Crippen LogP contribution < -0.4 is 0 Å². The molecule has 2 rings (SSSR count). The van der Waals surface area contributed by atoms with E-state index in [0.717, 1.165) is 25.1 Å². The summed E-state index contributed by atoms with van der Waals surface area (Å²) in [6.07, 6.45) is 1.70. The van der Waals surface area contributed by atoms with Gasteiger partial charge in [0.2, 0.25) is 10.0 Å². The Morgan fingerprint density at radius 3 is 2.29 bits per heavy atom. The van der Waals surface area contributed by atoms with E-state index in [1.54, 1.807) is 4.31 Å². The first-order chi connectivity index (χ1) is 10.0. The Labute approximate surface area is 128 Å². The summed E-state index contributed by atoms with van der Waals surface area (Å²) in [7, 11) is -3.13. The normalized spacial score (nSPS) is 19.5. The van der Waals surface area contributed by atoms with Gasteiger partial charge in [0.05, 0.1) is 5.75 Å². The second-order valence-electron chi connectivity index (χ2n) is 5.74. The minimum absolute atomic E-state index is 0.209. The molecular weight excluding hydrogens is 284 g/mol. The van der Waals surface area contributed by atoms with Crippen molar-refractivity contribution in [1.82, 2.24) is 9.21 Å². The maximum absolute atomic E-state index is 12.4. The number of hydrogen-bond donors (Lipinski definition) is 0. The Kier molecular flexibility index (Phi) is 5.79. The van der Waals surface area contributed by atoms with Crippen molar-refractivity contribution in [2.24, 2.45) is 0 Å². The topological polar surface area (TPSA) is 40.6 Å². The number of benzene rings is 1. The highest BCUT2D eigenvalue weighted by atomic mass is 32.2. The van der Waals surface area contributed by atoms with Crippen LogP contribution in [0.1, 0.15) is 25.8 Å². The Morgan fingerprint density at radius 2 is 1.71 bits per heavy atom. The lowest BCUT2D eigenvalue weighted by atomic mass is 10.2. The molecule has 1 fully saturated rings. The minimum atomic E-state index is -3.13. The van der Waals surface area contributed by atoms with Gasteiger partial charge < -0.3 is 0 Å². The van der Waals surface area contributed by atoms with Gasteiger partial charge in [-0.25, -0.2) is 8.42 Å². The van der Waals surface area contributed by atoms with Crippen LogP contribution in [0.2, 0.25) is 0 Å². The molecule has 1 saturated heterocycles. The fraction of sp³-hybridized carbons (Fsp3) is 0.625. The highest BCUT2D eigenvalue weighted by Gasteiger charge is 2.27. The van der Waals surface area contributed by atoms with E-state index in [1.165, 1.54) is 0 Å². The molecule has 1 aromatic carbocycles. The second kappa shape index (κ2) is 7.38. The fourth-order valence-corrected chi connectivity index (χ4v) is 4.17. The summed E-state index contributed by atoms with van der Waals surface area (Å²) in [4.78, 5) is 2.38. The lowest BCUT2D eigenvalue weighted by Crippen LogP contribution is -2.51. The van der Waals surface area contributed by atoms with Crippen LogP contribution in [0.25, 0.3) is 0 Å². The molecule has 118 valence electrons. The molecule has 5 heteroatoms. The van der Waals surface area contributed by atoms with Gasteiger partial charge in [0.1, 0.15) is 0 Å². The quantitative estimate of drug-likeness (QED) is 0.806. The van der Waals surface area contributed by atoms with Crippen LogP contribution in [0.15, 0.2) is 30.3 Å². The molecule has 1 aliphatic heterocycles. The highest BCUT2D eigenvalue weighted by molar-refractivity contribution is 7.89. The van der Waals surface area contributed by atoms with Gasteiger partial charge in [0.15, 0.2) is 0 Å². The van der Waals surface area contributed by atoms with Gasteiger partial charge in [-0.3, -0.25) is 4.90 Å². The van der Waals surface area contributed by atoms with Gasteiger partial charge in [-0.1, -0.05) is 37.3 Å². The van der Waals surface area contributed by atoms with Crippen molar-refractivity contribution in [2.75, 3.05) is 31.9 Å². The largest absolute Gasteiger partial charge is 0.298 e. The third-order valence-corrected chi connectivity index (χ3v) is 6.24. The molecular formula is C16H26N2O2S. The average molecular weight is 310 g/mol. The molecule has 0 saturated carbocycles. The van der Waals surface area contributed by atoms with E-state index in [2.05, 4.69) is 18.7 Å². The van der Waals surface area contributed by atoms with Crippen LogP contribution in [0.3, 0.4) is 0 Å². The maximum atomic E-state index is 12.4. The number of sulfonamides is 1. The Balaban J connectivity index is 1.87. The Morgan fingerprint density at radius 1 is 1.10 bits per heavy atom. The average Bonchev–Trinajstić information content (AvgIpc) is 2.53. The zero-order valence-electron chi connectivity index (χ0n) is 13.0. The van der Waals surface area contributed by atoms with E-state index in [9.17, 15) is 8.42 Å². The SMILES string of the molecule is CCC(C)N1CCN(S(=O)(=O)CCc2ccccc2)CC1. The maximum Gasteiger partial charge on any atom is 0.214 e. The Bertz CT molecular complexity index is 522. The third-order valence-electron chi connectivity index (χ3n) is 4.37. The molecule has 0 amide bonds. The predicted octanol–water partition coefficient (Wildman–Crippen LogP) is 1.98. The van der Waals surface area contributed by atoms with Gasteiger partial charge in [-0.05, 0) is 25.3 Å². The Hall–Kier alpha value is -0.910. The minimum Gasteiger partial charge on any atom is -0.298 e. The number of piperazine rings is 1. The lowest BCUT2D eigenvalue weighted by molar-refractivity contribution is 0.142. The van der Waals surface area contributed by atoms with E-state index >= 15 is 0 Å². The number of hydrogen-bond acceptors (Lipinski definition) is 3. The van der Waals surface area contributed by atoms with E-state index in [1.807, 2.05) is 30.3 Å². The van der Waals surface area contributed by atoms with E-state index < -0.39 is 10.0 Å². The monoisotopic (exact) mass is 310 g/mol. The van der Waals surface area contributed by atoms with Crippen LogP contribution in [-0.2, 0) is 16.4 Å². The van der Waals surface area contributed by atoms with Crippen molar-refractivity contribution in [3.05, 3.63) is 35.9 Å². The molecule has 0 N–H and O–H groups in total. The molecule has 1 aliphatic rings. The van der Waals surface area contributed by atoms with Crippen LogP contribution in [-0.4, -0.2) is 55.6 Å². The van der Waals surface area contributed by atoms with Crippen molar-refractivity contribution < 1.29 is 8.42 Å². The van der Waals surface area contributed by atoms with Crippen LogP contribution in [0, 0.1) is 0 Å². The predicted molar refractivity (Wildman–Crippen MR) is 86.8 cm³/mol. The smallest absolute Gasteiger partial charge is 0.214 e. The van der Waals surface area contributed by atoms with E-state index in [0.29, 0.717) is 25.6 Å². The number of rotatable bonds is 6. The van der Waals surface area contributed by atoms with E-state index in [-0.39, 0.29) is 5.75 Å². The lowest BCUT2D eigenvalue weighted by Gasteiger charge is -2.37. The molecule has 0 spiro atoms. The zero-order valence-corrected chi connectivity index (χ0v) is 13.8. The molecule has 1 atom stereocenters. The number of nitrogens with zero attached hydrogens (tertiary/aromatic N) is 2. The van der Waals surface area contributed by atoms with Crippen molar-refractivity contribution in [2.45, 2.75) is 32.7 Å². The first-order valence-corrected chi connectivity index (χ1v) is 9.39. The number of aryl methyl sites for hydroxylation is 1. The molecule has 0 aliphatic carbocycles. The molecule has 4 nitrogen and oxygen atoms in total. The first kappa shape index (κ1) is 16.5. The summed E-state index contributed by atoms with van der Waals surface area (Å²) in [5.74, 6) is 0.209. The van der Waals surface area contributed by atoms with Gasteiger partial charge in [-0.15, -0.1) is 0 Å². The van der Waals surface area contributed by atoms with Gasteiger partial charge >= 0.3 is 0 Å². The summed E-state index contributed by atoms with van der Waals surface area (Å²) in [6, 6.07) is 10.4. The van der Waals surface area contributed by atoms with E-state index in [4.69, 9.17) is 0 Å². The van der Waals surface area contributed by atoms with Crippen molar-refractivity contribution in [1.29, 1.82) is 0 Å². The standard InChI is InChI=1S/C16H26N2O2S/c1-3-15(2)17-10-12-18(13-11-17)21(19,20)14-9-16-7-5-4-6-8-16/h4-8,15H,3,9-14H2,1-2H3. The summed E-state index contributed by atoms with van der Waals surface area (Å²) in [5.41, 5.74) is 1.08. The van der Waals surface area contributed by atoms with Gasteiger partial charge in [-0.2, -0.15) is 4.31 Å². The van der Waals surface area contributed by atoms with Crippen LogP contribution in [0.5, 0.6) is 0 Å². The summed E-state index contributed by atoms with van der Waals surface area (Å²) < 4.78 is 26.5. The summed E-state index contributed by atoms with van der Waals surface area (Å²) in [5, 5.41) is 0. The fourth-order valence-electron chi connectivity index (χ4n) is 2.70. The molecule has 1 unspecified atom stereocenters. The first-order valence-electron chi connectivity index (χ1n) is 7.78. The molecule has 1 heterocycles. The zero-order chi connectivity index (χ0) is 15.3. The molecule has 21 heavy (non-hydrogen) atoms. The summed E-state index contributed by atoms with van der Waals surface area (Å²) in [6.45, 7) is 7.33. The van der Waals surface area contributed by atoms with Crippen LogP contribution in [0.4, 0.5) is 0 Å². The van der Waals surface area contributed by atoms with Crippen LogP contribution >= 0.6 is 0 Å². The molecule has 1 aromatic rings. The van der Waals surface area contributed by atoms with Gasteiger partial charge in [0.25, 0.3) is 0 Å². The molecule has 0 radical (unpaired) electrons. The van der Waals surface area contributed by atoms with Crippen molar-refractivity contribution in [3.63, 3.8) is 0 Å². The van der Waals surface area contributed by atoms with Crippen molar-refractivity contribution in [3.8, 4) is 0 Å².